The number of piperazine rings is 1. The van der Waals surface area contributed by atoms with Gasteiger partial charge in [-0.3, -0.25) is 14.6 Å². The summed E-state index contributed by atoms with van der Waals surface area (Å²) >= 11 is 6.14. The summed E-state index contributed by atoms with van der Waals surface area (Å²) in [4.78, 5) is 17.3. The van der Waals surface area contributed by atoms with Gasteiger partial charge in [-0.15, -0.1) is 0 Å². The summed E-state index contributed by atoms with van der Waals surface area (Å²) in [5.74, 6) is 0.0203. The number of benzene rings is 2. The molecule has 2 aromatic rings. The molecule has 0 unspecified atom stereocenters. The highest BCUT2D eigenvalue weighted by molar-refractivity contribution is 6.31. The van der Waals surface area contributed by atoms with Gasteiger partial charge in [0.15, 0.2) is 0 Å². The molecule has 4 nitrogen and oxygen atoms in total. The van der Waals surface area contributed by atoms with E-state index >= 15 is 0 Å². The van der Waals surface area contributed by atoms with Crippen molar-refractivity contribution in [1.82, 2.24) is 9.80 Å². The molecule has 0 aliphatic carbocycles. The first-order chi connectivity index (χ1) is 12.5. The van der Waals surface area contributed by atoms with Gasteiger partial charge < -0.3 is 5.32 Å². The molecule has 1 fully saturated rings. The minimum Gasteiger partial charge on any atom is -0.324 e. The van der Waals surface area contributed by atoms with E-state index < -0.39 is 0 Å². The fourth-order valence-corrected chi connectivity index (χ4v) is 3.47. The molecule has 0 radical (unpaired) electrons. The summed E-state index contributed by atoms with van der Waals surface area (Å²) in [5, 5.41) is 3.69. The van der Waals surface area contributed by atoms with Gasteiger partial charge in [-0.2, -0.15) is 0 Å². The second-order valence-corrected chi connectivity index (χ2v) is 7.28. The van der Waals surface area contributed by atoms with Crippen LogP contribution in [0.2, 0.25) is 5.02 Å². The number of hydrogen-bond acceptors (Lipinski definition) is 3. The van der Waals surface area contributed by atoms with Crippen LogP contribution in [0.15, 0.2) is 48.5 Å². The van der Waals surface area contributed by atoms with Gasteiger partial charge in [0.05, 0.1) is 6.04 Å². The molecule has 1 heterocycles. The Balaban J connectivity index is 1.52. The maximum atomic E-state index is 12.6. The van der Waals surface area contributed by atoms with E-state index in [9.17, 15) is 4.79 Å². The average Bonchev–Trinajstić information content (AvgIpc) is 2.66. The van der Waals surface area contributed by atoms with Gasteiger partial charge in [0.25, 0.3) is 0 Å². The number of nitrogens with zero attached hydrogens (tertiary/aromatic N) is 2. The molecule has 0 saturated carbocycles. The standard InChI is InChI=1S/C21H26ClN3O/c1-16-19(22)9-6-10-20(16)23-21(26)17(2)25-13-11-24(12-14-25)15-18-7-4-3-5-8-18/h3-10,17H,11-15H2,1-2H3,(H,23,26)/t17-/m1/s1. The van der Waals surface area contributed by atoms with Crippen LogP contribution in [0.1, 0.15) is 18.1 Å². The largest absolute Gasteiger partial charge is 0.324 e. The summed E-state index contributed by atoms with van der Waals surface area (Å²) in [6.45, 7) is 8.61. The van der Waals surface area contributed by atoms with Gasteiger partial charge >= 0.3 is 0 Å². The lowest BCUT2D eigenvalue weighted by atomic mass is 10.1. The van der Waals surface area contributed by atoms with Crippen LogP contribution in [-0.2, 0) is 11.3 Å². The predicted octanol–water partition coefficient (Wildman–Crippen LogP) is 3.79. The van der Waals surface area contributed by atoms with Crippen molar-refractivity contribution in [3.63, 3.8) is 0 Å². The SMILES string of the molecule is Cc1c(Cl)cccc1NC(=O)[C@@H](C)N1CCN(Cc2ccccc2)CC1. The number of carbonyl (C=O) groups excluding carboxylic acids is 1. The fraction of sp³-hybridized carbons (Fsp3) is 0.381. The Labute approximate surface area is 160 Å². The molecule has 1 aliphatic rings. The minimum absolute atomic E-state index is 0.0203. The number of halogens is 1. The number of carbonyl (C=O) groups is 1. The second-order valence-electron chi connectivity index (χ2n) is 6.88. The smallest absolute Gasteiger partial charge is 0.241 e. The van der Waals surface area contributed by atoms with Crippen LogP contribution in [-0.4, -0.2) is 47.9 Å². The molecule has 1 amide bonds. The molecule has 1 atom stereocenters. The van der Waals surface area contributed by atoms with Gasteiger partial charge in [-0.25, -0.2) is 0 Å². The molecule has 0 spiro atoms. The summed E-state index contributed by atoms with van der Waals surface area (Å²) in [6, 6.07) is 16.0. The summed E-state index contributed by atoms with van der Waals surface area (Å²) in [5.41, 5.74) is 3.03. The zero-order valence-electron chi connectivity index (χ0n) is 15.4. The van der Waals surface area contributed by atoms with Crippen molar-refractivity contribution in [2.75, 3.05) is 31.5 Å². The number of hydrogen-bond donors (Lipinski definition) is 1. The first kappa shape index (κ1) is 18.9. The van der Waals surface area contributed by atoms with E-state index in [0.717, 1.165) is 44.0 Å². The molecule has 5 heteroatoms. The highest BCUT2D eigenvalue weighted by Gasteiger charge is 2.25. The van der Waals surface area contributed by atoms with Gasteiger partial charge in [0.1, 0.15) is 0 Å². The lowest BCUT2D eigenvalue weighted by molar-refractivity contribution is -0.121. The van der Waals surface area contributed by atoms with Crippen LogP contribution in [0.4, 0.5) is 5.69 Å². The van der Waals surface area contributed by atoms with Crippen molar-refractivity contribution in [2.24, 2.45) is 0 Å². The van der Waals surface area contributed by atoms with Crippen molar-refractivity contribution in [3.8, 4) is 0 Å². The number of anilines is 1. The maximum absolute atomic E-state index is 12.6. The van der Waals surface area contributed by atoms with Crippen molar-refractivity contribution >= 4 is 23.2 Å². The Morgan fingerprint density at radius 3 is 2.46 bits per heavy atom. The van der Waals surface area contributed by atoms with Gasteiger partial charge in [0, 0.05) is 43.4 Å². The molecule has 0 bridgehead atoms. The minimum atomic E-state index is -0.160. The average molecular weight is 372 g/mol. The lowest BCUT2D eigenvalue weighted by Gasteiger charge is -2.37. The zero-order valence-corrected chi connectivity index (χ0v) is 16.2. The lowest BCUT2D eigenvalue weighted by Crippen LogP contribution is -2.52. The predicted molar refractivity (Wildman–Crippen MR) is 108 cm³/mol. The quantitative estimate of drug-likeness (QED) is 0.868. The number of amides is 1. The third kappa shape index (κ3) is 4.64. The third-order valence-corrected chi connectivity index (χ3v) is 5.52. The van der Waals surface area contributed by atoms with Gasteiger partial charge in [-0.05, 0) is 37.1 Å². The molecular formula is C21H26ClN3O. The molecule has 1 N–H and O–H groups in total. The molecule has 1 saturated heterocycles. The molecule has 1 aliphatic heterocycles. The molecule has 3 rings (SSSR count). The van der Waals surface area contributed by atoms with Crippen molar-refractivity contribution in [2.45, 2.75) is 26.4 Å². The van der Waals surface area contributed by atoms with Crippen LogP contribution in [0, 0.1) is 6.92 Å². The first-order valence-corrected chi connectivity index (χ1v) is 9.48. The Hall–Kier alpha value is -1.88. The van der Waals surface area contributed by atoms with E-state index in [4.69, 9.17) is 11.6 Å². The maximum Gasteiger partial charge on any atom is 0.241 e. The molecular weight excluding hydrogens is 346 g/mol. The van der Waals surface area contributed by atoms with Crippen LogP contribution < -0.4 is 5.32 Å². The van der Waals surface area contributed by atoms with E-state index in [1.165, 1.54) is 5.56 Å². The summed E-state index contributed by atoms with van der Waals surface area (Å²) < 4.78 is 0. The molecule has 2 aromatic carbocycles. The third-order valence-electron chi connectivity index (χ3n) is 5.11. The first-order valence-electron chi connectivity index (χ1n) is 9.11. The Bertz CT molecular complexity index is 742. The Kier molecular flexibility index (Phi) is 6.30. The highest BCUT2D eigenvalue weighted by Crippen LogP contribution is 2.23. The van der Waals surface area contributed by atoms with Crippen molar-refractivity contribution in [3.05, 3.63) is 64.7 Å². The van der Waals surface area contributed by atoms with E-state index in [2.05, 4.69) is 39.4 Å². The van der Waals surface area contributed by atoms with Gasteiger partial charge in [0.2, 0.25) is 5.91 Å². The summed E-state index contributed by atoms with van der Waals surface area (Å²) in [6.07, 6.45) is 0. The number of nitrogens with one attached hydrogen (secondary N) is 1. The van der Waals surface area contributed by atoms with E-state index in [1.54, 1.807) is 0 Å². The molecule has 26 heavy (non-hydrogen) atoms. The second kappa shape index (κ2) is 8.67. The van der Waals surface area contributed by atoms with Crippen LogP contribution >= 0.6 is 11.6 Å². The van der Waals surface area contributed by atoms with Crippen LogP contribution in [0.25, 0.3) is 0 Å². The topological polar surface area (TPSA) is 35.6 Å². The van der Waals surface area contributed by atoms with E-state index in [-0.39, 0.29) is 11.9 Å². The van der Waals surface area contributed by atoms with Crippen molar-refractivity contribution in [1.29, 1.82) is 0 Å². The van der Waals surface area contributed by atoms with Crippen LogP contribution in [0.5, 0.6) is 0 Å². The summed E-state index contributed by atoms with van der Waals surface area (Å²) in [7, 11) is 0. The molecule has 138 valence electrons. The normalized spacial score (nSPS) is 17.0. The van der Waals surface area contributed by atoms with E-state index in [0.29, 0.717) is 5.02 Å². The Morgan fingerprint density at radius 1 is 1.08 bits per heavy atom. The Morgan fingerprint density at radius 2 is 1.77 bits per heavy atom. The van der Waals surface area contributed by atoms with E-state index in [1.807, 2.05) is 38.1 Å². The monoisotopic (exact) mass is 371 g/mol. The number of rotatable bonds is 5. The van der Waals surface area contributed by atoms with Gasteiger partial charge in [-0.1, -0.05) is 48.0 Å². The van der Waals surface area contributed by atoms with Crippen LogP contribution in [0.3, 0.4) is 0 Å². The highest BCUT2D eigenvalue weighted by atomic mass is 35.5. The fourth-order valence-electron chi connectivity index (χ4n) is 3.30. The molecule has 0 aromatic heterocycles. The zero-order chi connectivity index (χ0) is 18.5. The van der Waals surface area contributed by atoms with Crippen molar-refractivity contribution < 1.29 is 4.79 Å².